The Kier molecular flexibility index (Phi) is 5.37. The van der Waals surface area contributed by atoms with E-state index in [9.17, 15) is 8.42 Å². The summed E-state index contributed by atoms with van der Waals surface area (Å²) in [4.78, 5) is 0. The molecule has 0 spiro atoms. The number of rotatable bonds is 6. The van der Waals surface area contributed by atoms with Gasteiger partial charge in [0.05, 0.1) is 23.2 Å². The Morgan fingerprint density at radius 3 is 2.41 bits per heavy atom. The number of sulfone groups is 1. The van der Waals surface area contributed by atoms with Crippen LogP contribution in [0.1, 0.15) is 26.7 Å². The molecule has 1 aliphatic rings. The second kappa shape index (κ2) is 6.13. The van der Waals surface area contributed by atoms with Crippen LogP contribution in [0.5, 0.6) is 0 Å². The highest BCUT2D eigenvalue weighted by Gasteiger charge is 2.32. The van der Waals surface area contributed by atoms with E-state index < -0.39 is 9.84 Å². The first-order chi connectivity index (χ1) is 7.92. The minimum atomic E-state index is -3.03. The summed E-state index contributed by atoms with van der Waals surface area (Å²) in [5.41, 5.74) is 5.33. The smallest absolute Gasteiger partial charge is 0.154 e. The van der Waals surface area contributed by atoms with Crippen LogP contribution in [0.3, 0.4) is 0 Å². The molecule has 0 atom stereocenters. The molecular weight excluding hydrogens is 242 g/mol. The Balaban J connectivity index is 2.43. The second-order valence-electron chi connectivity index (χ2n) is 4.76. The first-order valence-electron chi connectivity index (χ1n) is 6.05. The van der Waals surface area contributed by atoms with E-state index in [-0.39, 0.29) is 23.2 Å². The van der Waals surface area contributed by atoms with Crippen LogP contribution in [0.25, 0.3) is 0 Å². The molecule has 102 valence electrons. The molecule has 1 aliphatic heterocycles. The Bertz CT molecular complexity index is 320. The first-order valence-corrected chi connectivity index (χ1v) is 7.77. The van der Waals surface area contributed by atoms with Gasteiger partial charge >= 0.3 is 0 Å². The predicted octanol–water partition coefficient (Wildman–Crippen LogP) is 0.334. The van der Waals surface area contributed by atoms with Gasteiger partial charge in [-0.1, -0.05) is 0 Å². The van der Waals surface area contributed by atoms with Gasteiger partial charge in [0.25, 0.3) is 0 Å². The molecule has 2 N–H and O–H groups in total. The molecule has 0 amide bonds. The molecular formula is C11H23NO4S. The highest BCUT2D eigenvalue weighted by Crippen LogP contribution is 2.24. The summed E-state index contributed by atoms with van der Waals surface area (Å²) in [6, 6.07) is 0. The minimum absolute atomic E-state index is 0.0628. The van der Waals surface area contributed by atoms with Crippen molar-refractivity contribution in [2.45, 2.75) is 37.5 Å². The first kappa shape index (κ1) is 14.9. The topological polar surface area (TPSA) is 78.6 Å². The minimum Gasteiger partial charge on any atom is -0.381 e. The lowest BCUT2D eigenvalue weighted by molar-refractivity contribution is -0.0999. The molecule has 0 aliphatic carbocycles. The number of hydrogen-bond acceptors (Lipinski definition) is 5. The molecule has 0 aromatic rings. The molecule has 0 bridgehead atoms. The molecule has 0 aromatic heterocycles. The Morgan fingerprint density at radius 1 is 1.35 bits per heavy atom. The zero-order chi connectivity index (χ0) is 12.9. The van der Waals surface area contributed by atoms with Crippen LogP contribution < -0.4 is 5.73 Å². The Morgan fingerprint density at radius 2 is 1.94 bits per heavy atom. The molecule has 1 fully saturated rings. The van der Waals surface area contributed by atoms with Crippen LogP contribution in [-0.4, -0.2) is 51.4 Å². The summed E-state index contributed by atoms with van der Waals surface area (Å²) in [7, 11) is -3.03. The maximum absolute atomic E-state index is 11.6. The molecule has 1 rings (SSSR count). The standard InChI is InChI=1S/C11H23NO4S/c1-10(2)17(13,14)8-7-16-11(9-12)3-5-15-6-4-11/h10H,3-9,12H2,1-2H3. The third-order valence-electron chi connectivity index (χ3n) is 3.27. The fourth-order valence-corrected chi connectivity index (χ4v) is 2.55. The maximum Gasteiger partial charge on any atom is 0.154 e. The monoisotopic (exact) mass is 265 g/mol. The molecule has 6 heteroatoms. The fourth-order valence-electron chi connectivity index (χ4n) is 1.76. The van der Waals surface area contributed by atoms with Crippen LogP contribution >= 0.6 is 0 Å². The van der Waals surface area contributed by atoms with E-state index in [2.05, 4.69) is 0 Å². The second-order valence-corrected chi connectivity index (χ2v) is 7.44. The molecule has 1 saturated heterocycles. The predicted molar refractivity (Wildman–Crippen MR) is 66.7 cm³/mol. The van der Waals surface area contributed by atoms with E-state index in [0.29, 0.717) is 19.8 Å². The average molecular weight is 265 g/mol. The van der Waals surface area contributed by atoms with Crippen molar-refractivity contribution >= 4 is 9.84 Å². The largest absolute Gasteiger partial charge is 0.381 e. The molecule has 0 saturated carbocycles. The summed E-state index contributed by atoms with van der Waals surface area (Å²) in [6.07, 6.45) is 1.48. The van der Waals surface area contributed by atoms with E-state index in [1.165, 1.54) is 0 Å². The molecule has 0 unspecified atom stereocenters. The van der Waals surface area contributed by atoms with Crippen LogP contribution in [0, 0.1) is 0 Å². The number of ether oxygens (including phenoxy) is 2. The zero-order valence-corrected chi connectivity index (χ0v) is 11.5. The van der Waals surface area contributed by atoms with Gasteiger partial charge < -0.3 is 15.2 Å². The Hall–Kier alpha value is -0.170. The molecule has 0 radical (unpaired) electrons. The molecule has 5 nitrogen and oxygen atoms in total. The summed E-state index contributed by atoms with van der Waals surface area (Å²) >= 11 is 0. The zero-order valence-electron chi connectivity index (χ0n) is 10.6. The van der Waals surface area contributed by atoms with Gasteiger partial charge in [0.15, 0.2) is 9.84 Å². The van der Waals surface area contributed by atoms with Gasteiger partial charge in [0, 0.05) is 32.6 Å². The van der Waals surface area contributed by atoms with Crippen molar-refractivity contribution in [1.82, 2.24) is 0 Å². The van der Waals surface area contributed by atoms with E-state index in [4.69, 9.17) is 15.2 Å². The van der Waals surface area contributed by atoms with Gasteiger partial charge in [0.1, 0.15) is 0 Å². The third-order valence-corrected chi connectivity index (χ3v) is 5.44. The van der Waals surface area contributed by atoms with Crippen molar-refractivity contribution in [3.05, 3.63) is 0 Å². The summed E-state index contributed by atoms with van der Waals surface area (Å²) in [6.45, 7) is 5.27. The van der Waals surface area contributed by atoms with Gasteiger partial charge in [-0.15, -0.1) is 0 Å². The van der Waals surface area contributed by atoms with Crippen LogP contribution in [-0.2, 0) is 19.3 Å². The van der Waals surface area contributed by atoms with Crippen molar-refractivity contribution in [2.75, 3.05) is 32.1 Å². The lowest BCUT2D eigenvalue weighted by Crippen LogP contribution is -2.46. The quantitative estimate of drug-likeness (QED) is 0.749. The lowest BCUT2D eigenvalue weighted by Gasteiger charge is -2.36. The fraction of sp³-hybridized carbons (Fsp3) is 1.00. The van der Waals surface area contributed by atoms with Crippen molar-refractivity contribution in [3.8, 4) is 0 Å². The lowest BCUT2D eigenvalue weighted by atomic mass is 9.94. The van der Waals surface area contributed by atoms with Gasteiger partial charge in [-0.25, -0.2) is 8.42 Å². The summed E-state index contributed by atoms with van der Waals surface area (Å²) in [5, 5.41) is -0.352. The third kappa shape index (κ3) is 4.21. The highest BCUT2D eigenvalue weighted by atomic mass is 32.2. The number of hydrogen-bond donors (Lipinski definition) is 1. The Labute approximate surface area is 104 Å². The van der Waals surface area contributed by atoms with Gasteiger partial charge in [-0.05, 0) is 13.8 Å². The SMILES string of the molecule is CC(C)S(=O)(=O)CCOC1(CN)CCOCC1. The molecule has 0 aromatic carbocycles. The van der Waals surface area contributed by atoms with Gasteiger partial charge in [-0.2, -0.15) is 0 Å². The van der Waals surface area contributed by atoms with Gasteiger partial charge in [-0.3, -0.25) is 0 Å². The van der Waals surface area contributed by atoms with Crippen LogP contribution in [0.4, 0.5) is 0 Å². The normalized spacial score (nSPS) is 20.7. The highest BCUT2D eigenvalue weighted by molar-refractivity contribution is 7.91. The van der Waals surface area contributed by atoms with Gasteiger partial charge in [0.2, 0.25) is 0 Å². The van der Waals surface area contributed by atoms with Crippen molar-refractivity contribution < 1.29 is 17.9 Å². The van der Waals surface area contributed by atoms with Crippen molar-refractivity contribution in [1.29, 1.82) is 0 Å². The van der Waals surface area contributed by atoms with Crippen LogP contribution in [0.2, 0.25) is 0 Å². The summed E-state index contributed by atoms with van der Waals surface area (Å²) in [5.74, 6) is 0.0628. The summed E-state index contributed by atoms with van der Waals surface area (Å²) < 4.78 is 34.2. The van der Waals surface area contributed by atoms with E-state index in [1.54, 1.807) is 13.8 Å². The van der Waals surface area contributed by atoms with Crippen molar-refractivity contribution in [2.24, 2.45) is 5.73 Å². The van der Waals surface area contributed by atoms with E-state index in [1.807, 2.05) is 0 Å². The van der Waals surface area contributed by atoms with E-state index >= 15 is 0 Å². The number of nitrogens with two attached hydrogens (primary N) is 1. The average Bonchev–Trinajstić information content (AvgIpc) is 2.30. The van der Waals surface area contributed by atoms with E-state index in [0.717, 1.165) is 12.8 Å². The van der Waals surface area contributed by atoms with Crippen molar-refractivity contribution in [3.63, 3.8) is 0 Å². The molecule has 1 heterocycles. The van der Waals surface area contributed by atoms with Crippen LogP contribution in [0.15, 0.2) is 0 Å². The molecule has 17 heavy (non-hydrogen) atoms. The maximum atomic E-state index is 11.6.